The third-order valence-electron chi connectivity index (χ3n) is 6.09. The van der Waals surface area contributed by atoms with Gasteiger partial charge in [-0.15, -0.1) is 0 Å². The van der Waals surface area contributed by atoms with Crippen LogP contribution in [0.5, 0.6) is 0 Å². The van der Waals surface area contributed by atoms with Crippen LogP contribution in [0.4, 0.5) is 5.69 Å². The van der Waals surface area contributed by atoms with Gasteiger partial charge >= 0.3 is 0 Å². The Kier molecular flexibility index (Phi) is 9.34. The minimum atomic E-state index is -4.13. The quantitative estimate of drug-likeness (QED) is 0.403. The fourth-order valence-electron chi connectivity index (χ4n) is 3.92. The number of rotatable bonds is 10. The van der Waals surface area contributed by atoms with E-state index in [1.54, 1.807) is 32.0 Å². The molecule has 0 aliphatic heterocycles. The molecule has 0 fully saturated rings. The summed E-state index contributed by atoms with van der Waals surface area (Å²) in [4.78, 5) is 28.0. The number of halogens is 1. The maximum atomic E-state index is 13.8. The summed E-state index contributed by atoms with van der Waals surface area (Å²) in [7, 11) is -4.13. The number of hydrogen-bond donors (Lipinski definition) is 1. The molecule has 0 saturated heterocycles. The Hall–Kier alpha value is -3.36. The molecule has 9 heteroatoms. The number of benzene rings is 3. The van der Waals surface area contributed by atoms with E-state index in [1.807, 2.05) is 44.2 Å². The van der Waals surface area contributed by atoms with E-state index >= 15 is 0 Å². The zero-order valence-electron chi connectivity index (χ0n) is 21.4. The van der Waals surface area contributed by atoms with Crippen molar-refractivity contribution in [3.8, 4) is 0 Å². The average molecular weight is 542 g/mol. The second-order valence-corrected chi connectivity index (χ2v) is 11.1. The number of nitrogens with zero attached hydrogens (tertiary/aromatic N) is 2. The summed E-state index contributed by atoms with van der Waals surface area (Å²) in [6.45, 7) is 7.31. The number of hydrogen-bond acceptors (Lipinski definition) is 4. The number of likely N-dealkylation sites (N-methyl/N-ethyl adjacent to an activating group) is 1. The lowest BCUT2D eigenvalue weighted by atomic mass is 10.1. The van der Waals surface area contributed by atoms with Crippen LogP contribution in [-0.2, 0) is 26.2 Å². The maximum absolute atomic E-state index is 13.8. The predicted molar refractivity (Wildman–Crippen MR) is 147 cm³/mol. The molecule has 0 aromatic heterocycles. The summed E-state index contributed by atoms with van der Waals surface area (Å²) in [5, 5.41) is 3.16. The topological polar surface area (TPSA) is 86.8 Å². The van der Waals surface area contributed by atoms with Crippen molar-refractivity contribution in [3.63, 3.8) is 0 Å². The first-order chi connectivity index (χ1) is 17.5. The number of sulfonamides is 1. The molecule has 0 aliphatic carbocycles. The van der Waals surface area contributed by atoms with Gasteiger partial charge in [-0.3, -0.25) is 13.9 Å². The second-order valence-electron chi connectivity index (χ2n) is 8.82. The minimum absolute atomic E-state index is 0.00781. The molecule has 0 unspecified atom stereocenters. The van der Waals surface area contributed by atoms with E-state index in [4.69, 9.17) is 11.6 Å². The monoisotopic (exact) mass is 541 g/mol. The van der Waals surface area contributed by atoms with Crippen LogP contribution in [0.2, 0.25) is 5.02 Å². The number of carbonyl (C=O) groups excluding carboxylic acids is 2. The third-order valence-corrected chi connectivity index (χ3v) is 8.13. The standard InChI is InChI=1S/C28H32ClN3O4S/c1-5-30-28(34)22(4)31(18-23-11-7-6-10-21(23)3)27(33)19-32(25-12-8-9-20(2)17-25)37(35,36)26-15-13-24(29)14-16-26/h6-17,22H,5,18-19H2,1-4H3,(H,30,34)/t22-/m0/s1. The molecule has 3 rings (SSSR count). The summed E-state index contributed by atoms with van der Waals surface area (Å²) >= 11 is 5.98. The van der Waals surface area contributed by atoms with E-state index in [0.29, 0.717) is 17.3 Å². The van der Waals surface area contributed by atoms with Crippen molar-refractivity contribution in [1.82, 2.24) is 10.2 Å². The molecule has 1 N–H and O–H groups in total. The highest BCUT2D eigenvalue weighted by Crippen LogP contribution is 2.26. The molecule has 3 aromatic rings. The number of anilines is 1. The van der Waals surface area contributed by atoms with Crippen LogP contribution in [0.25, 0.3) is 0 Å². The maximum Gasteiger partial charge on any atom is 0.264 e. The second kappa shape index (κ2) is 12.3. The van der Waals surface area contributed by atoms with Crippen LogP contribution in [0.3, 0.4) is 0 Å². The van der Waals surface area contributed by atoms with E-state index in [-0.39, 0.29) is 17.3 Å². The number of nitrogens with one attached hydrogen (secondary N) is 1. The van der Waals surface area contributed by atoms with Crippen LogP contribution in [0.1, 0.15) is 30.5 Å². The highest BCUT2D eigenvalue weighted by molar-refractivity contribution is 7.92. The summed E-state index contributed by atoms with van der Waals surface area (Å²) < 4.78 is 28.6. The molecular formula is C28H32ClN3O4S. The molecule has 2 amide bonds. The molecule has 0 spiro atoms. The third kappa shape index (κ3) is 6.90. The van der Waals surface area contributed by atoms with E-state index in [2.05, 4.69) is 5.32 Å². The van der Waals surface area contributed by atoms with E-state index in [9.17, 15) is 18.0 Å². The lowest BCUT2D eigenvalue weighted by Gasteiger charge is -2.32. The Morgan fingerprint density at radius 2 is 1.65 bits per heavy atom. The Labute approximate surface area is 224 Å². The first kappa shape index (κ1) is 28.2. The lowest BCUT2D eigenvalue weighted by molar-refractivity contribution is -0.139. The fraction of sp³-hybridized carbons (Fsp3) is 0.286. The van der Waals surface area contributed by atoms with Gasteiger partial charge in [0.25, 0.3) is 10.0 Å². The van der Waals surface area contributed by atoms with Gasteiger partial charge in [0.05, 0.1) is 10.6 Å². The summed E-state index contributed by atoms with van der Waals surface area (Å²) in [6.07, 6.45) is 0. The van der Waals surface area contributed by atoms with E-state index in [0.717, 1.165) is 21.0 Å². The molecule has 3 aromatic carbocycles. The molecule has 0 bridgehead atoms. The van der Waals surface area contributed by atoms with Crippen LogP contribution in [0, 0.1) is 13.8 Å². The molecule has 0 heterocycles. The van der Waals surface area contributed by atoms with Gasteiger partial charge in [0, 0.05) is 18.1 Å². The molecule has 37 heavy (non-hydrogen) atoms. The fourth-order valence-corrected chi connectivity index (χ4v) is 5.45. The van der Waals surface area contributed by atoms with Crippen LogP contribution in [0.15, 0.2) is 77.7 Å². The highest BCUT2D eigenvalue weighted by atomic mass is 35.5. The normalized spacial score (nSPS) is 12.0. The molecule has 196 valence electrons. The van der Waals surface area contributed by atoms with Crippen molar-refractivity contribution >= 4 is 39.1 Å². The largest absolute Gasteiger partial charge is 0.355 e. The zero-order valence-corrected chi connectivity index (χ0v) is 23.0. The SMILES string of the molecule is CCNC(=O)[C@H](C)N(Cc1ccccc1C)C(=O)CN(c1cccc(C)c1)S(=O)(=O)c1ccc(Cl)cc1. The Morgan fingerprint density at radius 1 is 0.973 bits per heavy atom. The number of amides is 2. The summed E-state index contributed by atoms with van der Waals surface area (Å²) in [6, 6.07) is 19.5. The van der Waals surface area contributed by atoms with Crippen molar-refractivity contribution in [2.24, 2.45) is 0 Å². The minimum Gasteiger partial charge on any atom is -0.355 e. The lowest BCUT2D eigenvalue weighted by Crippen LogP contribution is -2.51. The number of aryl methyl sites for hydroxylation is 2. The van der Waals surface area contributed by atoms with Gasteiger partial charge < -0.3 is 10.2 Å². The van der Waals surface area contributed by atoms with Gasteiger partial charge in [-0.1, -0.05) is 48.0 Å². The van der Waals surface area contributed by atoms with Gasteiger partial charge in [0.1, 0.15) is 12.6 Å². The summed E-state index contributed by atoms with van der Waals surface area (Å²) in [5.41, 5.74) is 3.03. The first-order valence-electron chi connectivity index (χ1n) is 12.0. The van der Waals surface area contributed by atoms with Crippen LogP contribution in [-0.4, -0.2) is 44.3 Å². The van der Waals surface area contributed by atoms with Gasteiger partial charge in [-0.25, -0.2) is 8.42 Å². The highest BCUT2D eigenvalue weighted by Gasteiger charge is 2.32. The molecule has 1 atom stereocenters. The molecule has 0 aliphatic rings. The van der Waals surface area contributed by atoms with Gasteiger partial charge in [-0.2, -0.15) is 0 Å². The molecule has 7 nitrogen and oxygen atoms in total. The summed E-state index contributed by atoms with van der Waals surface area (Å²) in [5.74, 6) is -0.812. The van der Waals surface area contributed by atoms with Crippen molar-refractivity contribution in [3.05, 3.63) is 94.5 Å². The van der Waals surface area contributed by atoms with Gasteiger partial charge in [0.15, 0.2) is 0 Å². The van der Waals surface area contributed by atoms with Gasteiger partial charge in [-0.05, 0) is 80.8 Å². The van der Waals surface area contributed by atoms with Gasteiger partial charge in [0.2, 0.25) is 11.8 Å². The van der Waals surface area contributed by atoms with E-state index < -0.39 is 28.5 Å². The van der Waals surface area contributed by atoms with Crippen molar-refractivity contribution in [2.45, 2.75) is 45.2 Å². The Bertz CT molecular complexity index is 1360. The van der Waals surface area contributed by atoms with Crippen LogP contribution >= 0.6 is 11.6 Å². The Balaban J connectivity index is 2.04. The van der Waals surface area contributed by atoms with Crippen molar-refractivity contribution in [1.29, 1.82) is 0 Å². The van der Waals surface area contributed by atoms with Crippen molar-refractivity contribution in [2.75, 3.05) is 17.4 Å². The molecule has 0 saturated carbocycles. The predicted octanol–water partition coefficient (Wildman–Crippen LogP) is 4.71. The van der Waals surface area contributed by atoms with Crippen molar-refractivity contribution < 1.29 is 18.0 Å². The zero-order chi connectivity index (χ0) is 27.2. The average Bonchev–Trinajstić information content (AvgIpc) is 2.86. The van der Waals surface area contributed by atoms with Crippen LogP contribution < -0.4 is 9.62 Å². The molecular weight excluding hydrogens is 510 g/mol. The number of carbonyl (C=O) groups is 2. The smallest absolute Gasteiger partial charge is 0.264 e. The Morgan fingerprint density at radius 3 is 2.27 bits per heavy atom. The molecule has 0 radical (unpaired) electrons. The first-order valence-corrected chi connectivity index (χ1v) is 13.8. The van der Waals surface area contributed by atoms with E-state index in [1.165, 1.54) is 29.2 Å².